The summed E-state index contributed by atoms with van der Waals surface area (Å²) in [6, 6.07) is 10.5. The van der Waals surface area contributed by atoms with Crippen LogP contribution in [0.2, 0.25) is 0 Å². The van der Waals surface area contributed by atoms with Gasteiger partial charge in [-0.2, -0.15) is 0 Å². The molecule has 2 fully saturated rings. The molecular weight excluding hydrogens is 278 g/mol. The van der Waals surface area contributed by atoms with E-state index in [0.717, 1.165) is 6.42 Å². The van der Waals surface area contributed by atoms with Crippen molar-refractivity contribution in [2.75, 3.05) is 7.05 Å². The number of esters is 2. The Kier molecular flexibility index (Phi) is 2.98. The lowest BCUT2D eigenvalue weighted by Gasteiger charge is -2.52. The molecule has 1 aliphatic carbocycles. The molecule has 114 valence electrons. The molecule has 2 bridgehead atoms. The van der Waals surface area contributed by atoms with Gasteiger partial charge in [0.1, 0.15) is 0 Å². The smallest absolute Gasteiger partial charge is 0.319 e. The summed E-state index contributed by atoms with van der Waals surface area (Å²) < 4.78 is 4.95. The topological polar surface area (TPSA) is 46.6 Å². The van der Waals surface area contributed by atoms with E-state index in [1.54, 1.807) is 0 Å². The van der Waals surface area contributed by atoms with Gasteiger partial charge in [0.05, 0.1) is 11.8 Å². The van der Waals surface area contributed by atoms with Crippen molar-refractivity contribution >= 4 is 11.9 Å². The van der Waals surface area contributed by atoms with Crippen LogP contribution in [0.3, 0.4) is 0 Å². The Balaban J connectivity index is 1.72. The summed E-state index contributed by atoms with van der Waals surface area (Å²) in [5.74, 6) is -1.23. The summed E-state index contributed by atoms with van der Waals surface area (Å²) >= 11 is 0. The highest BCUT2D eigenvalue weighted by Crippen LogP contribution is 2.50. The molecule has 1 aromatic carbocycles. The third-order valence-corrected chi connectivity index (χ3v) is 5.54. The average molecular weight is 297 g/mol. The molecule has 22 heavy (non-hydrogen) atoms. The number of piperidine rings is 1. The van der Waals surface area contributed by atoms with E-state index in [-0.39, 0.29) is 41.8 Å². The van der Waals surface area contributed by atoms with Crippen LogP contribution in [0, 0.1) is 17.8 Å². The van der Waals surface area contributed by atoms with Gasteiger partial charge in [-0.1, -0.05) is 42.0 Å². The molecule has 0 radical (unpaired) electrons. The minimum Gasteiger partial charge on any atom is -0.393 e. The normalized spacial score (nSPS) is 37.0. The highest BCUT2D eigenvalue weighted by atomic mass is 16.6. The Labute approximate surface area is 129 Å². The summed E-state index contributed by atoms with van der Waals surface area (Å²) in [4.78, 5) is 26.5. The number of carbonyl (C=O) groups excluding carboxylic acids is 2. The largest absolute Gasteiger partial charge is 0.393 e. The fourth-order valence-electron chi connectivity index (χ4n) is 4.53. The van der Waals surface area contributed by atoms with Crippen LogP contribution < -0.4 is 0 Å². The Hall–Kier alpha value is -1.94. The second-order valence-corrected chi connectivity index (χ2v) is 6.64. The van der Waals surface area contributed by atoms with Gasteiger partial charge in [-0.05, 0) is 26.0 Å². The van der Waals surface area contributed by atoms with Crippen molar-refractivity contribution in [3.63, 3.8) is 0 Å². The maximum Gasteiger partial charge on any atom is 0.319 e. The van der Waals surface area contributed by atoms with Gasteiger partial charge in [0, 0.05) is 18.0 Å². The third kappa shape index (κ3) is 1.80. The number of carbonyl (C=O) groups is 2. The van der Waals surface area contributed by atoms with Gasteiger partial charge in [0.2, 0.25) is 0 Å². The van der Waals surface area contributed by atoms with E-state index in [2.05, 4.69) is 37.1 Å². The summed E-state index contributed by atoms with van der Waals surface area (Å²) in [6.07, 6.45) is 3.03. The van der Waals surface area contributed by atoms with Crippen molar-refractivity contribution in [3.8, 4) is 0 Å². The van der Waals surface area contributed by atoms with Gasteiger partial charge >= 0.3 is 11.9 Å². The number of ether oxygens (including phenoxy) is 1. The zero-order valence-electron chi connectivity index (χ0n) is 12.7. The number of likely N-dealkylation sites (N-methyl/N-ethyl adjacent to an activating group) is 1. The Morgan fingerprint density at radius 2 is 1.73 bits per heavy atom. The monoisotopic (exact) mass is 297 g/mol. The SMILES string of the molecule is CC1=C[C@@H]2[C@H]3C(=O)OC(=O)[C@@H]3[C@@H]1[C@H](Cc1ccccc1)N2C. The van der Waals surface area contributed by atoms with Crippen molar-refractivity contribution in [3.05, 3.63) is 47.5 Å². The van der Waals surface area contributed by atoms with Gasteiger partial charge in [0.15, 0.2) is 0 Å². The predicted octanol–water partition coefficient (Wildman–Crippen LogP) is 1.80. The molecule has 1 aromatic rings. The minimum absolute atomic E-state index is 0.0253. The first-order chi connectivity index (χ1) is 10.6. The zero-order valence-corrected chi connectivity index (χ0v) is 12.7. The first-order valence-electron chi connectivity index (χ1n) is 7.77. The van der Waals surface area contributed by atoms with Crippen LogP contribution in [-0.2, 0) is 20.7 Å². The Bertz CT molecular complexity index is 666. The third-order valence-electron chi connectivity index (χ3n) is 5.54. The highest BCUT2D eigenvalue weighted by Gasteiger charge is 2.61. The molecule has 3 aliphatic heterocycles. The fraction of sp³-hybridized carbons (Fsp3) is 0.444. The molecule has 0 amide bonds. The summed E-state index contributed by atoms with van der Waals surface area (Å²) in [5, 5.41) is 0. The van der Waals surface area contributed by atoms with Crippen molar-refractivity contribution in [1.29, 1.82) is 0 Å². The van der Waals surface area contributed by atoms with Crippen LogP contribution in [0.5, 0.6) is 0 Å². The van der Waals surface area contributed by atoms with Gasteiger partial charge in [-0.3, -0.25) is 14.5 Å². The zero-order chi connectivity index (χ0) is 15.4. The molecular formula is C18H19NO3. The van der Waals surface area contributed by atoms with Crippen molar-refractivity contribution in [2.45, 2.75) is 25.4 Å². The van der Waals surface area contributed by atoms with E-state index in [0.29, 0.717) is 0 Å². The number of rotatable bonds is 2. The first kappa shape index (κ1) is 13.7. The quantitative estimate of drug-likeness (QED) is 0.474. The molecule has 0 spiro atoms. The molecule has 0 saturated carbocycles. The van der Waals surface area contributed by atoms with Gasteiger partial charge in [0.25, 0.3) is 0 Å². The highest BCUT2D eigenvalue weighted by molar-refractivity contribution is 5.98. The molecule has 5 atom stereocenters. The number of cyclic esters (lactones) is 2. The molecule has 5 rings (SSSR count). The molecule has 4 nitrogen and oxygen atoms in total. The fourth-order valence-corrected chi connectivity index (χ4v) is 4.53. The van der Waals surface area contributed by atoms with Gasteiger partial charge < -0.3 is 4.74 Å². The summed E-state index contributed by atoms with van der Waals surface area (Å²) in [7, 11) is 2.06. The van der Waals surface area contributed by atoms with Crippen LogP contribution in [0.1, 0.15) is 12.5 Å². The van der Waals surface area contributed by atoms with E-state index < -0.39 is 0 Å². The van der Waals surface area contributed by atoms with Crippen LogP contribution in [0.25, 0.3) is 0 Å². The second kappa shape index (κ2) is 4.78. The molecule has 2 saturated heterocycles. The van der Waals surface area contributed by atoms with E-state index in [1.165, 1.54) is 11.1 Å². The Morgan fingerprint density at radius 3 is 2.45 bits per heavy atom. The molecule has 0 unspecified atom stereocenters. The number of hydrogen-bond donors (Lipinski definition) is 0. The second-order valence-electron chi connectivity index (χ2n) is 6.64. The van der Waals surface area contributed by atoms with E-state index in [1.807, 2.05) is 18.2 Å². The van der Waals surface area contributed by atoms with E-state index in [4.69, 9.17) is 4.74 Å². The van der Waals surface area contributed by atoms with Crippen molar-refractivity contribution < 1.29 is 14.3 Å². The van der Waals surface area contributed by atoms with E-state index >= 15 is 0 Å². The number of nitrogens with zero attached hydrogens (tertiary/aromatic N) is 1. The number of fused-ring (bicyclic) bond motifs is 1. The molecule has 0 N–H and O–H groups in total. The lowest BCUT2D eigenvalue weighted by atomic mass is 9.62. The van der Waals surface area contributed by atoms with Crippen LogP contribution in [-0.4, -0.2) is 36.0 Å². The lowest BCUT2D eigenvalue weighted by molar-refractivity contribution is -0.153. The van der Waals surface area contributed by atoms with Gasteiger partial charge in [-0.15, -0.1) is 0 Å². The van der Waals surface area contributed by atoms with Crippen LogP contribution >= 0.6 is 0 Å². The van der Waals surface area contributed by atoms with Crippen molar-refractivity contribution in [2.24, 2.45) is 17.8 Å². The lowest BCUT2D eigenvalue weighted by Crippen LogP contribution is -2.61. The molecule has 0 aromatic heterocycles. The standard InChI is InChI=1S/C18H19NO3/c1-10-8-12-15-16(18(21)22-17(15)20)14(10)13(19(12)2)9-11-6-4-3-5-7-11/h3-8,12-16H,9H2,1-2H3/t12-,13+,14+,15-,16-/m1/s1. The first-order valence-corrected chi connectivity index (χ1v) is 7.77. The minimum atomic E-state index is -0.348. The molecule has 4 heteroatoms. The number of benzene rings is 1. The predicted molar refractivity (Wildman–Crippen MR) is 80.8 cm³/mol. The maximum atomic E-state index is 12.2. The average Bonchev–Trinajstić information content (AvgIpc) is 2.80. The van der Waals surface area contributed by atoms with Crippen LogP contribution in [0.15, 0.2) is 42.0 Å². The van der Waals surface area contributed by atoms with Crippen molar-refractivity contribution in [1.82, 2.24) is 4.90 Å². The number of hydrogen-bond acceptors (Lipinski definition) is 4. The molecule has 3 heterocycles. The summed E-state index contributed by atoms with van der Waals surface area (Å²) in [6.45, 7) is 2.08. The summed E-state index contributed by atoms with van der Waals surface area (Å²) in [5.41, 5.74) is 2.48. The Morgan fingerprint density at radius 1 is 1.05 bits per heavy atom. The van der Waals surface area contributed by atoms with E-state index in [9.17, 15) is 9.59 Å². The molecule has 4 aliphatic rings. The maximum absolute atomic E-state index is 12.2. The van der Waals surface area contributed by atoms with Crippen LogP contribution in [0.4, 0.5) is 0 Å². The van der Waals surface area contributed by atoms with Gasteiger partial charge in [-0.25, -0.2) is 0 Å².